The summed E-state index contributed by atoms with van der Waals surface area (Å²) < 4.78 is 0. The van der Waals surface area contributed by atoms with Crippen molar-refractivity contribution in [2.24, 2.45) is 0 Å². The van der Waals surface area contributed by atoms with Gasteiger partial charge in [-0.3, -0.25) is 9.59 Å². The van der Waals surface area contributed by atoms with E-state index in [-0.39, 0.29) is 0 Å². The summed E-state index contributed by atoms with van der Waals surface area (Å²) in [7, 11) is 0. The fraction of sp³-hybridized carbons (Fsp3) is 0.125. The number of H-pyrrole nitrogens is 2. The Morgan fingerprint density at radius 2 is 1.71 bits per heavy atom. The summed E-state index contributed by atoms with van der Waals surface area (Å²) >= 11 is 0. The Labute approximate surface area is 120 Å². The van der Waals surface area contributed by atoms with Crippen LogP contribution in [0.1, 0.15) is 11.1 Å². The van der Waals surface area contributed by atoms with Gasteiger partial charge in [0.05, 0.1) is 11.0 Å². The Morgan fingerprint density at radius 1 is 0.952 bits per heavy atom. The Kier molecular flexibility index (Phi) is 3.31. The molecule has 3 N–H and O–H groups in total. The maximum absolute atomic E-state index is 11.3. The average Bonchev–Trinajstić information content (AvgIpc) is 2.46. The summed E-state index contributed by atoms with van der Waals surface area (Å²) in [6.07, 6.45) is 0. The van der Waals surface area contributed by atoms with E-state index in [1.807, 2.05) is 18.2 Å². The molecule has 0 spiro atoms. The fourth-order valence-corrected chi connectivity index (χ4v) is 2.25. The van der Waals surface area contributed by atoms with Gasteiger partial charge in [-0.2, -0.15) is 0 Å². The number of hydrogen-bond acceptors (Lipinski definition) is 3. The molecule has 0 aliphatic heterocycles. The first-order chi connectivity index (χ1) is 10.1. The van der Waals surface area contributed by atoms with Gasteiger partial charge in [-0.05, 0) is 30.7 Å². The first-order valence-electron chi connectivity index (χ1n) is 6.67. The molecule has 106 valence electrons. The average molecular weight is 281 g/mol. The van der Waals surface area contributed by atoms with Gasteiger partial charge in [0.1, 0.15) is 0 Å². The van der Waals surface area contributed by atoms with E-state index in [1.54, 1.807) is 6.07 Å². The number of aromatic nitrogens is 2. The van der Waals surface area contributed by atoms with Crippen LogP contribution in [0.5, 0.6) is 0 Å². The second kappa shape index (κ2) is 5.28. The lowest BCUT2D eigenvalue weighted by Crippen LogP contribution is -2.28. The van der Waals surface area contributed by atoms with Gasteiger partial charge in [0, 0.05) is 12.2 Å². The van der Waals surface area contributed by atoms with Gasteiger partial charge in [0.25, 0.3) is 0 Å². The predicted octanol–water partition coefficient (Wildman–Crippen LogP) is 2.14. The van der Waals surface area contributed by atoms with Crippen molar-refractivity contribution in [2.45, 2.75) is 13.5 Å². The van der Waals surface area contributed by atoms with Crippen LogP contribution in [-0.4, -0.2) is 9.97 Å². The Bertz CT molecular complexity index is 909. The second-order valence-electron chi connectivity index (χ2n) is 5.01. The normalized spacial score (nSPS) is 10.7. The molecule has 3 aromatic rings. The van der Waals surface area contributed by atoms with Crippen LogP contribution >= 0.6 is 0 Å². The molecule has 2 aromatic carbocycles. The minimum Gasteiger partial charge on any atom is -0.381 e. The first-order valence-corrected chi connectivity index (χ1v) is 6.67. The quantitative estimate of drug-likeness (QED) is 0.644. The SMILES string of the molecule is Cc1cccc(CNc2ccc3[nH]c(=O)c(=O)[nH]c3c2)c1. The van der Waals surface area contributed by atoms with E-state index < -0.39 is 11.1 Å². The zero-order valence-corrected chi connectivity index (χ0v) is 11.6. The number of anilines is 1. The van der Waals surface area contributed by atoms with Crippen molar-refractivity contribution in [1.82, 2.24) is 9.97 Å². The highest BCUT2D eigenvalue weighted by Gasteiger charge is 2.01. The highest BCUT2D eigenvalue weighted by Crippen LogP contribution is 2.15. The van der Waals surface area contributed by atoms with Crippen LogP contribution in [0.15, 0.2) is 52.1 Å². The lowest BCUT2D eigenvalue weighted by molar-refractivity contribution is 1.13. The molecular weight excluding hydrogens is 266 g/mol. The predicted molar refractivity (Wildman–Crippen MR) is 83.7 cm³/mol. The van der Waals surface area contributed by atoms with Crippen molar-refractivity contribution in [3.8, 4) is 0 Å². The van der Waals surface area contributed by atoms with Gasteiger partial charge >= 0.3 is 11.1 Å². The summed E-state index contributed by atoms with van der Waals surface area (Å²) in [4.78, 5) is 27.7. The van der Waals surface area contributed by atoms with E-state index >= 15 is 0 Å². The highest BCUT2D eigenvalue weighted by molar-refractivity contribution is 5.78. The molecule has 0 amide bonds. The van der Waals surface area contributed by atoms with E-state index in [1.165, 1.54) is 11.1 Å². The zero-order chi connectivity index (χ0) is 14.8. The molecule has 0 fully saturated rings. The van der Waals surface area contributed by atoms with Crippen molar-refractivity contribution in [1.29, 1.82) is 0 Å². The molecule has 3 rings (SSSR count). The molecule has 21 heavy (non-hydrogen) atoms. The first kappa shape index (κ1) is 13.2. The number of hydrogen-bond donors (Lipinski definition) is 3. The summed E-state index contributed by atoms with van der Waals surface area (Å²) in [5.41, 5.74) is 3.22. The zero-order valence-electron chi connectivity index (χ0n) is 11.6. The lowest BCUT2D eigenvalue weighted by Gasteiger charge is -2.08. The Balaban J connectivity index is 1.86. The molecule has 0 aliphatic carbocycles. The maximum Gasteiger partial charge on any atom is 0.314 e. The Morgan fingerprint density at radius 3 is 2.48 bits per heavy atom. The molecule has 0 unspecified atom stereocenters. The number of aromatic amines is 2. The third-order valence-corrected chi connectivity index (χ3v) is 3.30. The third-order valence-electron chi connectivity index (χ3n) is 3.30. The number of rotatable bonds is 3. The number of nitrogens with one attached hydrogen (secondary N) is 3. The van der Waals surface area contributed by atoms with E-state index in [4.69, 9.17) is 0 Å². The van der Waals surface area contributed by atoms with Crippen LogP contribution in [0.25, 0.3) is 11.0 Å². The topological polar surface area (TPSA) is 77.8 Å². The van der Waals surface area contributed by atoms with Crippen molar-refractivity contribution < 1.29 is 0 Å². The largest absolute Gasteiger partial charge is 0.381 e. The molecule has 1 aromatic heterocycles. The smallest absolute Gasteiger partial charge is 0.314 e. The van der Waals surface area contributed by atoms with Crippen LogP contribution < -0.4 is 16.4 Å². The fourth-order valence-electron chi connectivity index (χ4n) is 2.25. The monoisotopic (exact) mass is 281 g/mol. The van der Waals surface area contributed by atoms with Crippen LogP contribution in [0.3, 0.4) is 0 Å². The summed E-state index contributed by atoms with van der Waals surface area (Å²) in [5.74, 6) is 0. The van der Waals surface area contributed by atoms with Crippen LogP contribution in [-0.2, 0) is 6.54 Å². The number of benzene rings is 2. The van der Waals surface area contributed by atoms with E-state index in [0.717, 1.165) is 5.69 Å². The molecule has 0 bridgehead atoms. The molecule has 0 saturated carbocycles. The summed E-state index contributed by atoms with van der Waals surface area (Å²) in [5, 5.41) is 3.30. The van der Waals surface area contributed by atoms with E-state index in [0.29, 0.717) is 17.6 Å². The maximum atomic E-state index is 11.3. The van der Waals surface area contributed by atoms with Crippen molar-refractivity contribution in [2.75, 3.05) is 5.32 Å². The van der Waals surface area contributed by atoms with Crippen molar-refractivity contribution >= 4 is 16.7 Å². The van der Waals surface area contributed by atoms with Crippen LogP contribution in [0.4, 0.5) is 5.69 Å². The van der Waals surface area contributed by atoms with Crippen LogP contribution in [0, 0.1) is 6.92 Å². The van der Waals surface area contributed by atoms with Crippen molar-refractivity contribution in [3.05, 3.63) is 74.3 Å². The van der Waals surface area contributed by atoms with Gasteiger partial charge in [0.2, 0.25) is 0 Å². The molecule has 0 aliphatic rings. The minimum atomic E-state index is -0.640. The molecule has 0 atom stereocenters. The highest BCUT2D eigenvalue weighted by atomic mass is 16.2. The van der Waals surface area contributed by atoms with E-state index in [2.05, 4.69) is 40.4 Å². The minimum absolute atomic E-state index is 0.605. The van der Waals surface area contributed by atoms with Gasteiger partial charge in [-0.15, -0.1) is 0 Å². The van der Waals surface area contributed by atoms with Gasteiger partial charge in [-0.25, -0.2) is 0 Å². The third kappa shape index (κ3) is 2.86. The lowest BCUT2D eigenvalue weighted by atomic mass is 10.1. The number of aryl methyl sites for hydroxylation is 1. The van der Waals surface area contributed by atoms with Crippen LogP contribution in [0.2, 0.25) is 0 Å². The standard InChI is InChI=1S/C16H15N3O2/c1-10-3-2-4-11(7-10)9-17-12-5-6-13-14(8-12)19-16(21)15(20)18-13/h2-8,17H,9H2,1H3,(H,18,20)(H,19,21). The van der Waals surface area contributed by atoms with Gasteiger partial charge in [-0.1, -0.05) is 29.8 Å². The molecule has 0 saturated heterocycles. The van der Waals surface area contributed by atoms with Gasteiger partial charge < -0.3 is 15.3 Å². The van der Waals surface area contributed by atoms with Crippen molar-refractivity contribution in [3.63, 3.8) is 0 Å². The molecular formula is C16H15N3O2. The van der Waals surface area contributed by atoms with Gasteiger partial charge in [0.15, 0.2) is 0 Å². The molecule has 5 nitrogen and oxygen atoms in total. The molecule has 5 heteroatoms. The summed E-state index contributed by atoms with van der Waals surface area (Å²) in [6.45, 7) is 2.75. The van der Waals surface area contributed by atoms with E-state index in [9.17, 15) is 9.59 Å². The number of fused-ring (bicyclic) bond motifs is 1. The molecule has 0 radical (unpaired) electrons. The summed E-state index contributed by atoms with van der Waals surface area (Å²) in [6, 6.07) is 13.7. The second-order valence-corrected chi connectivity index (χ2v) is 5.01. The Hall–Kier alpha value is -2.82. The molecule has 1 heterocycles.